The third kappa shape index (κ3) is 11.2. The molecule has 0 aromatic heterocycles. The minimum atomic E-state index is -2.60. The summed E-state index contributed by atoms with van der Waals surface area (Å²) >= 11 is 0. The van der Waals surface area contributed by atoms with Gasteiger partial charge in [0.2, 0.25) is 0 Å². The molecule has 0 fully saturated rings. The quantitative estimate of drug-likeness (QED) is 0.208. The van der Waals surface area contributed by atoms with Gasteiger partial charge in [0.05, 0.1) is 0 Å². The van der Waals surface area contributed by atoms with Gasteiger partial charge in [-0.15, -0.1) is 0 Å². The summed E-state index contributed by atoms with van der Waals surface area (Å²) in [5.41, 5.74) is 0. The third-order valence-electron chi connectivity index (χ3n) is 4.16. The van der Waals surface area contributed by atoms with Gasteiger partial charge in [0.25, 0.3) is 0 Å². The van der Waals surface area contributed by atoms with Crippen LogP contribution in [-0.4, -0.2) is 57.3 Å². The SMILES string of the molecule is CCO[Si](C/C=C/C(C)CCC[Si](OCC)(OCC)OCC)(OCC)OCC. The molecular weight excluding hydrogens is 392 g/mol. The summed E-state index contributed by atoms with van der Waals surface area (Å²) in [5, 5.41) is 0. The van der Waals surface area contributed by atoms with E-state index < -0.39 is 17.6 Å². The second kappa shape index (κ2) is 16.7. The van der Waals surface area contributed by atoms with Crippen molar-refractivity contribution in [3.63, 3.8) is 0 Å². The Morgan fingerprint density at radius 3 is 1.43 bits per heavy atom. The molecule has 0 aliphatic carbocycles. The maximum absolute atomic E-state index is 5.93. The monoisotopic (exact) mass is 436 g/mol. The molecule has 0 heterocycles. The molecule has 0 saturated heterocycles. The number of hydrogen-bond acceptors (Lipinski definition) is 6. The summed E-state index contributed by atoms with van der Waals surface area (Å²) in [6, 6.07) is 1.57. The van der Waals surface area contributed by atoms with E-state index in [1.807, 2.05) is 41.5 Å². The zero-order valence-electron chi connectivity index (χ0n) is 19.3. The van der Waals surface area contributed by atoms with Crippen molar-refractivity contribution in [2.45, 2.75) is 73.4 Å². The molecule has 168 valence electrons. The molecule has 0 radical (unpaired) electrons. The first-order valence-corrected chi connectivity index (χ1v) is 14.8. The van der Waals surface area contributed by atoms with E-state index in [2.05, 4.69) is 19.1 Å². The lowest BCUT2D eigenvalue weighted by Crippen LogP contribution is -2.46. The van der Waals surface area contributed by atoms with Crippen molar-refractivity contribution >= 4 is 17.6 Å². The molecule has 0 saturated carbocycles. The molecule has 1 unspecified atom stereocenters. The summed E-state index contributed by atoms with van der Waals surface area (Å²) in [4.78, 5) is 0. The van der Waals surface area contributed by atoms with E-state index in [1.165, 1.54) is 0 Å². The van der Waals surface area contributed by atoms with Gasteiger partial charge in [-0.3, -0.25) is 0 Å². The van der Waals surface area contributed by atoms with Crippen LogP contribution in [0.1, 0.15) is 61.3 Å². The van der Waals surface area contributed by atoms with Crippen molar-refractivity contribution in [1.82, 2.24) is 0 Å². The number of hydrogen-bond donors (Lipinski definition) is 0. The Hall–Kier alpha value is -0.0662. The molecular formula is C20H44O6Si2. The van der Waals surface area contributed by atoms with Crippen molar-refractivity contribution in [1.29, 1.82) is 0 Å². The van der Waals surface area contributed by atoms with E-state index in [0.717, 1.165) is 18.9 Å². The lowest BCUT2D eigenvalue weighted by Gasteiger charge is -2.28. The predicted octanol–water partition coefficient (Wildman–Crippen LogP) is 5.06. The fourth-order valence-corrected chi connectivity index (χ4v) is 8.13. The standard InChI is InChI=1S/C20H44O6Si2/c1-8-21-27(22-9-2,23-10-3)18-14-16-20(7)17-15-19-28(24-11-4,25-12-5)26-13-6/h14,16,20H,8-13,15,17-19H2,1-7H3/b16-14+. The van der Waals surface area contributed by atoms with Crippen LogP contribution in [0, 0.1) is 5.92 Å². The molecule has 0 aliphatic heterocycles. The van der Waals surface area contributed by atoms with Gasteiger partial charge < -0.3 is 26.6 Å². The van der Waals surface area contributed by atoms with E-state index in [4.69, 9.17) is 26.6 Å². The zero-order chi connectivity index (χ0) is 21.3. The highest BCUT2D eigenvalue weighted by atomic mass is 28.4. The first-order valence-electron chi connectivity index (χ1n) is 11.0. The molecule has 8 heteroatoms. The highest BCUT2D eigenvalue weighted by Gasteiger charge is 2.40. The van der Waals surface area contributed by atoms with Gasteiger partial charge in [-0.2, -0.15) is 0 Å². The van der Waals surface area contributed by atoms with Crippen LogP contribution in [0.5, 0.6) is 0 Å². The average Bonchev–Trinajstić information content (AvgIpc) is 2.63. The Bertz CT molecular complexity index is 361. The topological polar surface area (TPSA) is 55.4 Å². The largest absolute Gasteiger partial charge is 0.504 e. The summed E-state index contributed by atoms with van der Waals surface area (Å²) in [6.07, 6.45) is 6.48. The van der Waals surface area contributed by atoms with Crippen LogP contribution in [-0.2, 0) is 26.6 Å². The Labute approximate surface area is 175 Å². The Morgan fingerprint density at radius 1 is 0.643 bits per heavy atom. The molecule has 0 spiro atoms. The molecule has 0 amide bonds. The van der Waals surface area contributed by atoms with Gasteiger partial charge in [-0.1, -0.05) is 19.1 Å². The molecule has 0 aromatic rings. The van der Waals surface area contributed by atoms with Crippen LogP contribution in [0.15, 0.2) is 12.2 Å². The van der Waals surface area contributed by atoms with E-state index in [9.17, 15) is 0 Å². The molecule has 0 bridgehead atoms. The maximum Gasteiger partial charge on any atom is 0.504 e. The average molecular weight is 437 g/mol. The lowest BCUT2D eigenvalue weighted by atomic mass is 10.1. The normalized spacial score (nSPS) is 14.1. The Balaban J connectivity index is 4.66. The van der Waals surface area contributed by atoms with Crippen molar-refractivity contribution in [2.75, 3.05) is 39.6 Å². The number of rotatable bonds is 19. The van der Waals surface area contributed by atoms with Crippen LogP contribution < -0.4 is 0 Å². The molecule has 0 aliphatic rings. The van der Waals surface area contributed by atoms with E-state index >= 15 is 0 Å². The van der Waals surface area contributed by atoms with Crippen LogP contribution in [0.4, 0.5) is 0 Å². The second-order valence-electron chi connectivity index (χ2n) is 6.47. The number of allylic oxidation sites excluding steroid dienone is 2. The molecule has 0 aromatic carbocycles. The van der Waals surface area contributed by atoms with Gasteiger partial charge in [-0.25, -0.2) is 0 Å². The van der Waals surface area contributed by atoms with E-state index in [-0.39, 0.29) is 0 Å². The summed E-state index contributed by atoms with van der Waals surface area (Å²) in [5.74, 6) is 0.452. The Morgan fingerprint density at radius 2 is 1.04 bits per heavy atom. The highest BCUT2D eigenvalue weighted by molar-refractivity contribution is 6.61. The minimum Gasteiger partial charge on any atom is -0.374 e. The fraction of sp³-hybridized carbons (Fsp3) is 0.900. The van der Waals surface area contributed by atoms with Crippen LogP contribution in [0.25, 0.3) is 0 Å². The van der Waals surface area contributed by atoms with Crippen molar-refractivity contribution < 1.29 is 26.6 Å². The van der Waals surface area contributed by atoms with Crippen molar-refractivity contribution in [2.24, 2.45) is 5.92 Å². The molecule has 6 nitrogen and oxygen atoms in total. The smallest absolute Gasteiger partial charge is 0.374 e. The fourth-order valence-electron chi connectivity index (χ4n) is 3.14. The maximum atomic E-state index is 5.93. The molecule has 1 atom stereocenters. The highest BCUT2D eigenvalue weighted by Crippen LogP contribution is 2.22. The zero-order valence-corrected chi connectivity index (χ0v) is 21.3. The predicted molar refractivity (Wildman–Crippen MR) is 118 cm³/mol. The van der Waals surface area contributed by atoms with E-state index in [0.29, 0.717) is 51.6 Å². The van der Waals surface area contributed by atoms with Crippen molar-refractivity contribution in [3.8, 4) is 0 Å². The second-order valence-corrected chi connectivity index (χ2v) is 11.8. The van der Waals surface area contributed by atoms with Crippen LogP contribution in [0.2, 0.25) is 12.1 Å². The van der Waals surface area contributed by atoms with Gasteiger partial charge in [0, 0.05) is 51.7 Å². The van der Waals surface area contributed by atoms with Gasteiger partial charge in [-0.05, 0) is 60.3 Å². The first kappa shape index (κ1) is 27.9. The Kier molecular flexibility index (Phi) is 16.7. The summed E-state index contributed by atoms with van der Waals surface area (Å²) < 4.78 is 35.5. The molecule has 0 N–H and O–H groups in total. The van der Waals surface area contributed by atoms with Crippen molar-refractivity contribution in [3.05, 3.63) is 12.2 Å². The van der Waals surface area contributed by atoms with E-state index in [1.54, 1.807) is 0 Å². The summed E-state index contributed by atoms with van der Waals surface area (Å²) in [6.45, 7) is 17.9. The molecule has 28 heavy (non-hydrogen) atoms. The van der Waals surface area contributed by atoms with Crippen LogP contribution in [0.3, 0.4) is 0 Å². The molecule has 0 rings (SSSR count). The lowest BCUT2D eigenvalue weighted by molar-refractivity contribution is 0.0704. The summed E-state index contributed by atoms with van der Waals surface area (Å²) in [7, 11) is -5.13. The minimum absolute atomic E-state index is 0.452. The third-order valence-corrected chi connectivity index (χ3v) is 10.2. The van der Waals surface area contributed by atoms with Crippen LogP contribution >= 0.6 is 0 Å². The van der Waals surface area contributed by atoms with Gasteiger partial charge >= 0.3 is 17.6 Å². The van der Waals surface area contributed by atoms with Gasteiger partial charge in [0.1, 0.15) is 0 Å². The first-order chi connectivity index (χ1) is 13.5. The van der Waals surface area contributed by atoms with Gasteiger partial charge in [0.15, 0.2) is 0 Å².